The molecule has 1 aromatic heterocycles. The van der Waals surface area contributed by atoms with Gasteiger partial charge >= 0.3 is 0 Å². The molecule has 0 saturated heterocycles. The lowest BCUT2D eigenvalue weighted by molar-refractivity contribution is -0.121. The summed E-state index contributed by atoms with van der Waals surface area (Å²) in [5.74, 6) is -0.642. The van der Waals surface area contributed by atoms with Gasteiger partial charge in [-0.05, 0) is 37.4 Å². The molecule has 1 aromatic carbocycles. The number of benzene rings is 1. The molecule has 1 unspecified atom stereocenters. The standard InChI is InChI=1S/C17H20N2O3S/c1-12-5-3-6-13(9-12)16(21)18-10-15(20)19-11-17(2,22)14-7-4-8-23-14/h3-9,22H,10-11H2,1-2H3,(H,18,21)(H,19,20). The highest BCUT2D eigenvalue weighted by Gasteiger charge is 2.24. The number of aliphatic hydroxyl groups is 1. The van der Waals surface area contributed by atoms with Gasteiger partial charge in [-0.3, -0.25) is 9.59 Å². The Hall–Kier alpha value is -2.18. The normalized spacial score (nSPS) is 13.2. The van der Waals surface area contributed by atoms with Gasteiger partial charge in [-0.25, -0.2) is 0 Å². The smallest absolute Gasteiger partial charge is 0.251 e. The molecule has 0 bridgehead atoms. The first-order valence-electron chi connectivity index (χ1n) is 7.26. The Kier molecular flexibility index (Phi) is 5.52. The summed E-state index contributed by atoms with van der Waals surface area (Å²) in [6.07, 6.45) is 0. The fourth-order valence-electron chi connectivity index (χ4n) is 2.05. The highest BCUT2D eigenvalue weighted by Crippen LogP contribution is 2.24. The molecule has 0 saturated carbocycles. The number of amides is 2. The first-order valence-corrected chi connectivity index (χ1v) is 8.14. The molecule has 1 atom stereocenters. The Morgan fingerprint density at radius 1 is 1.22 bits per heavy atom. The Morgan fingerprint density at radius 3 is 2.65 bits per heavy atom. The summed E-state index contributed by atoms with van der Waals surface area (Å²) in [6.45, 7) is 3.50. The summed E-state index contributed by atoms with van der Waals surface area (Å²) < 4.78 is 0. The van der Waals surface area contributed by atoms with Crippen molar-refractivity contribution in [3.05, 3.63) is 57.8 Å². The van der Waals surface area contributed by atoms with Gasteiger partial charge in [-0.1, -0.05) is 23.8 Å². The van der Waals surface area contributed by atoms with E-state index in [9.17, 15) is 14.7 Å². The number of aryl methyl sites for hydroxylation is 1. The summed E-state index contributed by atoms with van der Waals surface area (Å²) in [4.78, 5) is 24.6. The number of thiophene rings is 1. The number of carbonyl (C=O) groups excluding carboxylic acids is 2. The van der Waals surface area contributed by atoms with Crippen LogP contribution >= 0.6 is 11.3 Å². The van der Waals surface area contributed by atoms with Crippen molar-refractivity contribution in [2.75, 3.05) is 13.1 Å². The molecule has 0 aliphatic heterocycles. The van der Waals surface area contributed by atoms with Crippen LogP contribution in [0.3, 0.4) is 0 Å². The molecule has 5 nitrogen and oxygen atoms in total. The van der Waals surface area contributed by atoms with Crippen LogP contribution in [0.2, 0.25) is 0 Å². The quantitative estimate of drug-likeness (QED) is 0.755. The number of hydrogen-bond acceptors (Lipinski definition) is 4. The minimum atomic E-state index is -1.12. The largest absolute Gasteiger partial charge is 0.383 e. The molecule has 23 heavy (non-hydrogen) atoms. The number of carbonyl (C=O) groups is 2. The number of nitrogens with one attached hydrogen (secondary N) is 2. The van der Waals surface area contributed by atoms with E-state index < -0.39 is 5.60 Å². The van der Waals surface area contributed by atoms with Gasteiger partial charge in [0.05, 0.1) is 13.1 Å². The van der Waals surface area contributed by atoms with E-state index in [1.807, 2.05) is 30.5 Å². The SMILES string of the molecule is Cc1cccc(C(=O)NCC(=O)NCC(C)(O)c2cccs2)c1. The molecule has 0 aliphatic carbocycles. The maximum Gasteiger partial charge on any atom is 0.251 e. The van der Waals surface area contributed by atoms with Crippen LogP contribution in [0.15, 0.2) is 41.8 Å². The van der Waals surface area contributed by atoms with Crippen molar-refractivity contribution < 1.29 is 14.7 Å². The van der Waals surface area contributed by atoms with Crippen LogP contribution in [0.5, 0.6) is 0 Å². The first-order chi connectivity index (χ1) is 10.9. The van der Waals surface area contributed by atoms with E-state index >= 15 is 0 Å². The van der Waals surface area contributed by atoms with Crippen molar-refractivity contribution in [1.82, 2.24) is 10.6 Å². The summed E-state index contributed by atoms with van der Waals surface area (Å²) >= 11 is 1.43. The third-order valence-corrected chi connectivity index (χ3v) is 4.49. The molecule has 2 aromatic rings. The van der Waals surface area contributed by atoms with E-state index in [0.717, 1.165) is 10.4 Å². The maximum atomic E-state index is 12.0. The van der Waals surface area contributed by atoms with Gasteiger partial charge in [0.2, 0.25) is 5.91 Å². The molecule has 0 spiro atoms. The van der Waals surface area contributed by atoms with Gasteiger partial charge in [0.15, 0.2) is 0 Å². The Balaban J connectivity index is 1.80. The number of hydrogen-bond donors (Lipinski definition) is 3. The van der Waals surface area contributed by atoms with Crippen LogP contribution in [0.25, 0.3) is 0 Å². The van der Waals surface area contributed by atoms with Crippen molar-refractivity contribution in [2.24, 2.45) is 0 Å². The molecule has 0 fully saturated rings. The van der Waals surface area contributed by atoms with Crippen LogP contribution in [-0.2, 0) is 10.4 Å². The maximum absolute atomic E-state index is 12.0. The van der Waals surface area contributed by atoms with E-state index in [-0.39, 0.29) is 24.9 Å². The Labute approximate surface area is 139 Å². The molecule has 122 valence electrons. The van der Waals surface area contributed by atoms with Crippen molar-refractivity contribution in [1.29, 1.82) is 0 Å². The second kappa shape index (κ2) is 7.39. The van der Waals surface area contributed by atoms with Crippen LogP contribution in [0, 0.1) is 6.92 Å². The van der Waals surface area contributed by atoms with Crippen LogP contribution in [-0.4, -0.2) is 30.0 Å². The summed E-state index contributed by atoms with van der Waals surface area (Å²) in [6, 6.07) is 10.8. The molecule has 1 heterocycles. The minimum Gasteiger partial charge on any atom is -0.383 e. The van der Waals surface area contributed by atoms with Crippen LogP contribution in [0.4, 0.5) is 0 Å². The predicted octanol–water partition coefficient (Wildman–Crippen LogP) is 1.81. The average molecular weight is 332 g/mol. The molecular formula is C17H20N2O3S. The third-order valence-electron chi connectivity index (χ3n) is 3.37. The summed E-state index contributed by atoms with van der Waals surface area (Å²) in [5.41, 5.74) is 0.377. The lowest BCUT2D eigenvalue weighted by atomic mass is 10.1. The predicted molar refractivity (Wildman–Crippen MR) is 90.4 cm³/mol. The van der Waals surface area contributed by atoms with E-state index in [2.05, 4.69) is 10.6 Å². The van der Waals surface area contributed by atoms with E-state index in [0.29, 0.717) is 5.56 Å². The highest BCUT2D eigenvalue weighted by molar-refractivity contribution is 7.10. The van der Waals surface area contributed by atoms with Crippen LogP contribution < -0.4 is 10.6 Å². The molecule has 6 heteroatoms. The fourth-order valence-corrected chi connectivity index (χ4v) is 2.84. The molecule has 0 radical (unpaired) electrons. The average Bonchev–Trinajstić information content (AvgIpc) is 3.06. The highest BCUT2D eigenvalue weighted by atomic mass is 32.1. The lowest BCUT2D eigenvalue weighted by Crippen LogP contribution is -2.43. The molecule has 2 amide bonds. The van der Waals surface area contributed by atoms with Gasteiger partial charge in [-0.15, -0.1) is 11.3 Å². The van der Waals surface area contributed by atoms with Gasteiger partial charge in [0, 0.05) is 10.4 Å². The number of rotatable bonds is 6. The lowest BCUT2D eigenvalue weighted by Gasteiger charge is -2.22. The molecule has 3 N–H and O–H groups in total. The Morgan fingerprint density at radius 2 is 2.00 bits per heavy atom. The second-order valence-corrected chi connectivity index (χ2v) is 6.53. The van der Waals surface area contributed by atoms with Gasteiger partial charge in [-0.2, -0.15) is 0 Å². The second-order valence-electron chi connectivity index (χ2n) is 5.58. The summed E-state index contributed by atoms with van der Waals surface area (Å²) in [7, 11) is 0. The van der Waals surface area contributed by atoms with E-state index in [1.54, 1.807) is 25.1 Å². The molecular weight excluding hydrogens is 312 g/mol. The van der Waals surface area contributed by atoms with Crippen molar-refractivity contribution in [3.63, 3.8) is 0 Å². The van der Waals surface area contributed by atoms with Gasteiger partial charge in [0.25, 0.3) is 5.91 Å². The zero-order chi connectivity index (χ0) is 16.9. The Bertz CT molecular complexity index is 681. The van der Waals surface area contributed by atoms with Crippen LogP contribution in [0.1, 0.15) is 27.7 Å². The monoisotopic (exact) mass is 332 g/mol. The van der Waals surface area contributed by atoms with E-state index in [4.69, 9.17) is 0 Å². The van der Waals surface area contributed by atoms with Gasteiger partial charge in [0.1, 0.15) is 5.60 Å². The first kappa shape index (κ1) is 17.2. The van der Waals surface area contributed by atoms with Crippen molar-refractivity contribution >= 4 is 23.2 Å². The topological polar surface area (TPSA) is 78.4 Å². The van der Waals surface area contributed by atoms with Crippen molar-refractivity contribution in [3.8, 4) is 0 Å². The zero-order valence-electron chi connectivity index (χ0n) is 13.1. The zero-order valence-corrected chi connectivity index (χ0v) is 13.9. The van der Waals surface area contributed by atoms with E-state index in [1.165, 1.54) is 11.3 Å². The van der Waals surface area contributed by atoms with Crippen molar-refractivity contribution in [2.45, 2.75) is 19.4 Å². The van der Waals surface area contributed by atoms with Gasteiger partial charge < -0.3 is 15.7 Å². The molecule has 0 aliphatic rings. The summed E-state index contributed by atoms with van der Waals surface area (Å²) in [5, 5.41) is 17.4. The molecule has 2 rings (SSSR count). The fraction of sp³-hybridized carbons (Fsp3) is 0.294. The third kappa shape index (κ3) is 4.91. The minimum absolute atomic E-state index is 0.0899.